The standard InChI is InChI=1S/C17H26N4O4/c1-12-9-18-16(17(24)21(12)11-15(22)23)19-10-14-3-2-6-20(14)13-4-7-25-8-5-13/h9,13-14H,2-8,10-11H2,1H3,(H,18,19)(H,22,23)/t14-/m1/s1. The van der Waals surface area contributed by atoms with Crippen molar-refractivity contribution in [1.82, 2.24) is 14.5 Å². The summed E-state index contributed by atoms with van der Waals surface area (Å²) in [5, 5.41) is 12.1. The van der Waals surface area contributed by atoms with Crippen LogP contribution < -0.4 is 10.9 Å². The van der Waals surface area contributed by atoms with Gasteiger partial charge in [0.1, 0.15) is 6.54 Å². The number of carboxylic acid groups (broad SMARTS) is 1. The molecular weight excluding hydrogens is 324 g/mol. The lowest BCUT2D eigenvalue weighted by Crippen LogP contribution is -2.45. The van der Waals surface area contributed by atoms with Crippen molar-refractivity contribution in [2.75, 3.05) is 31.6 Å². The van der Waals surface area contributed by atoms with E-state index in [2.05, 4.69) is 15.2 Å². The van der Waals surface area contributed by atoms with Gasteiger partial charge in [-0.25, -0.2) is 4.98 Å². The summed E-state index contributed by atoms with van der Waals surface area (Å²) in [4.78, 5) is 30.1. The summed E-state index contributed by atoms with van der Waals surface area (Å²) in [7, 11) is 0. The number of carboxylic acids is 1. The topological polar surface area (TPSA) is 96.7 Å². The van der Waals surface area contributed by atoms with E-state index in [4.69, 9.17) is 9.84 Å². The molecule has 2 aliphatic heterocycles. The molecule has 25 heavy (non-hydrogen) atoms. The van der Waals surface area contributed by atoms with E-state index < -0.39 is 5.97 Å². The first-order valence-electron chi connectivity index (χ1n) is 8.92. The Kier molecular flexibility index (Phi) is 5.70. The predicted molar refractivity (Wildman–Crippen MR) is 92.9 cm³/mol. The van der Waals surface area contributed by atoms with Crippen LogP contribution in [0, 0.1) is 6.92 Å². The van der Waals surface area contributed by atoms with Gasteiger partial charge in [0.05, 0.1) is 0 Å². The summed E-state index contributed by atoms with van der Waals surface area (Å²) >= 11 is 0. The van der Waals surface area contributed by atoms with Gasteiger partial charge in [0, 0.05) is 43.7 Å². The number of likely N-dealkylation sites (tertiary alicyclic amines) is 1. The van der Waals surface area contributed by atoms with Gasteiger partial charge in [-0.15, -0.1) is 0 Å². The lowest BCUT2D eigenvalue weighted by Gasteiger charge is -2.35. The van der Waals surface area contributed by atoms with E-state index in [0.717, 1.165) is 45.4 Å². The molecule has 1 aromatic rings. The van der Waals surface area contributed by atoms with Crippen molar-refractivity contribution in [3.8, 4) is 0 Å². The monoisotopic (exact) mass is 350 g/mol. The Bertz CT molecular complexity index is 669. The van der Waals surface area contributed by atoms with E-state index in [9.17, 15) is 9.59 Å². The zero-order valence-electron chi connectivity index (χ0n) is 14.6. The Morgan fingerprint density at radius 2 is 2.16 bits per heavy atom. The lowest BCUT2D eigenvalue weighted by molar-refractivity contribution is -0.137. The van der Waals surface area contributed by atoms with Gasteiger partial charge in [-0.05, 0) is 39.2 Å². The highest BCUT2D eigenvalue weighted by Gasteiger charge is 2.31. The predicted octanol–water partition coefficient (Wildman–Crippen LogP) is 0.692. The van der Waals surface area contributed by atoms with E-state index in [1.54, 1.807) is 6.92 Å². The zero-order valence-corrected chi connectivity index (χ0v) is 14.6. The molecule has 2 aliphatic rings. The molecule has 0 aliphatic carbocycles. The van der Waals surface area contributed by atoms with Gasteiger partial charge in [0.15, 0.2) is 5.82 Å². The number of aliphatic carboxylic acids is 1. The van der Waals surface area contributed by atoms with Crippen molar-refractivity contribution in [1.29, 1.82) is 0 Å². The molecule has 2 saturated heterocycles. The van der Waals surface area contributed by atoms with Crippen LogP contribution in [0.3, 0.4) is 0 Å². The van der Waals surface area contributed by atoms with Crippen LogP contribution in [0.2, 0.25) is 0 Å². The Balaban J connectivity index is 1.66. The van der Waals surface area contributed by atoms with Crippen molar-refractivity contribution < 1.29 is 14.6 Å². The van der Waals surface area contributed by atoms with Crippen LogP contribution >= 0.6 is 0 Å². The van der Waals surface area contributed by atoms with E-state index >= 15 is 0 Å². The van der Waals surface area contributed by atoms with Crippen molar-refractivity contribution in [3.05, 3.63) is 22.2 Å². The molecule has 0 radical (unpaired) electrons. The molecule has 2 N–H and O–H groups in total. The molecule has 0 bridgehead atoms. The first-order valence-corrected chi connectivity index (χ1v) is 8.92. The normalized spacial score (nSPS) is 22.2. The number of nitrogens with zero attached hydrogens (tertiary/aromatic N) is 3. The molecule has 3 heterocycles. The SMILES string of the molecule is Cc1cnc(NC[C@H]2CCCN2C2CCOCC2)c(=O)n1CC(=O)O. The number of nitrogens with one attached hydrogen (secondary N) is 1. The third kappa shape index (κ3) is 4.19. The maximum absolute atomic E-state index is 12.5. The molecule has 0 saturated carbocycles. The number of anilines is 1. The van der Waals surface area contributed by atoms with Gasteiger partial charge >= 0.3 is 5.97 Å². The molecule has 8 nitrogen and oxygen atoms in total. The van der Waals surface area contributed by atoms with Crippen LogP contribution in [0.4, 0.5) is 5.82 Å². The van der Waals surface area contributed by atoms with Crippen LogP contribution in [0.5, 0.6) is 0 Å². The largest absolute Gasteiger partial charge is 0.480 e. The minimum atomic E-state index is -1.04. The average molecular weight is 350 g/mol. The maximum atomic E-state index is 12.5. The Morgan fingerprint density at radius 3 is 2.88 bits per heavy atom. The van der Waals surface area contributed by atoms with Crippen LogP contribution in [0.1, 0.15) is 31.4 Å². The second-order valence-electron chi connectivity index (χ2n) is 6.79. The molecule has 138 valence electrons. The highest BCUT2D eigenvalue weighted by Crippen LogP contribution is 2.25. The van der Waals surface area contributed by atoms with Gasteiger partial charge in [0.2, 0.25) is 0 Å². The smallest absolute Gasteiger partial charge is 0.323 e. The number of carbonyl (C=O) groups is 1. The van der Waals surface area contributed by atoms with Gasteiger partial charge < -0.3 is 15.2 Å². The molecular formula is C17H26N4O4. The van der Waals surface area contributed by atoms with E-state index in [1.165, 1.54) is 10.8 Å². The van der Waals surface area contributed by atoms with Crippen LogP contribution in [0.15, 0.2) is 11.0 Å². The summed E-state index contributed by atoms with van der Waals surface area (Å²) in [6, 6.07) is 0.927. The molecule has 0 unspecified atom stereocenters. The molecule has 0 amide bonds. The number of rotatable bonds is 6. The molecule has 1 aromatic heterocycles. The van der Waals surface area contributed by atoms with Gasteiger partial charge in [-0.2, -0.15) is 0 Å². The summed E-state index contributed by atoms with van der Waals surface area (Å²) in [6.07, 6.45) is 5.92. The molecule has 2 fully saturated rings. The Morgan fingerprint density at radius 1 is 1.40 bits per heavy atom. The minimum Gasteiger partial charge on any atom is -0.480 e. The summed E-state index contributed by atoms with van der Waals surface area (Å²) in [6.45, 7) is 4.71. The van der Waals surface area contributed by atoms with Crippen LogP contribution in [0.25, 0.3) is 0 Å². The number of aryl methyl sites for hydroxylation is 1. The van der Waals surface area contributed by atoms with Crippen molar-refractivity contribution in [3.63, 3.8) is 0 Å². The second-order valence-corrected chi connectivity index (χ2v) is 6.79. The highest BCUT2D eigenvalue weighted by atomic mass is 16.5. The molecule has 3 rings (SSSR count). The number of hydrogen-bond acceptors (Lipinski definition) is 6. The summed E-state index contributed by atoms with van der Waals surface area (Å²) < 4.78 is 6.69. The second kappa shape index (κ2) is 7.97. The fourth-order valence-electron chi connectivity index (χ4n) is 3.81. The van der Waals surface area contributed by atoms with Crippen molar-refractivity contribution >= 4 is 11.8 Å². The molecule has 0 aromatic carbocycles. The number of hydrogen-bond donors (Lipinski definition) is 2. The van der Waals surface area contributed by atoms with E-state index in [-0.39, 0.29) is 17.9 Å². The highest BCUT2D eigenvalue weighted by molar-refractivity contribution is 5.66. The van der Waals surface area contributed by atoms with Crippen LogP contribution in [-0.4, -0.2) is 63.9 Å². The van der Waals surface area contributed by atoms with Crippen LogP contribution in [-0.2, 0) is 16.1 Å². The number of aromatic nitrogens is 2. The summed E-state index contributed by atoms with van der Waals surface area (Å²) in [5.41, 5.74) is 0.167. The van der Waals surface area contributed by atoms with E-state index in [0.29, 0.717) is 24.3 Å². The summed E-state index contributed by atoms with van der Waals surface area (Å²) in [5.74, 6) is -0.811. The average Bonchev–Trinajstić information content (AvgIpc) is 3.07. The fraction of sp³-hybridized carbons (Fsp3) is 0.706. The number of ether oxygens (including phenoxy) is 1. The first kappa shape index (κ1) is 17.9. The Hall–Kier alpha value is -1.93. The van der Waals surface area contributed by atoms with Crippen molar-refractivity contribution in [2.45, 2.75) is 51.2 Å². The third-order valence-electron chi connectivity index (χ3n) is 5.13. The first-order chi connectivity index (χ1) is 12.1. The van der Waals surface area contributed by atoms with Gasteiger partial charge in [-0.1, -0.05) is 0 Å². The van der Waals surface area contributed by atoms with E-state index in [1.807, 2.05) is 0 Å². The minimum absolute atomic E-state index is 0.227. The lowest BCUT2D eigenvalue weighted by atomic mass is 10.1. The maximum Gasteiger partial charge on any atom is 0.323 e. The zero-order chi connectivity index (χ0) is 17.8. The molecule has 0 spiro atoms. The molecule has 1 atom stereocenters. The van der Waals surface area contributed by atoms with Gasteiger partial charge in [-0.3, -0.25) is 19.1 Å². The Labute approximate surface area is 146 Å². The molecule has 8 heteroatoms. The quantitative estimate of drug-likeness (QED) is 0.779. The van der Waals surface area contributed by atoms with Gasteiger partial charge in [0.25, 0.3) is 5.56 Å². The fourth-order valence-corrected chi connectivity index (χ4v) is 3.81. The third-order valence-corrected chi connectivity index (χ3v) is 5.13. The van der Waals surface area contributed by atoms with Crippen molar-refractivity contribution in [2.24, 2.45) is 0 Å².